The van der Waals surface area contributed by atoms with Crippen LogP contribution in [-0.4, -0.2) is 41.3 Å². The summed E-state index contributed by atoms with van der Waals surface area (Å²) in [6, 6.07) is 13.4. The fourth-order valence-electron chi connectivity index (χ4n) is 4.45. The van der Waals surface area contributed by atoms with Gasteiger partial charge in [-0.25, -0.2) is 9.55 Å². The number of hydrogen-bond donors (Lipinski definition) is 1. The van der Waals surface area contributed by atoms with Gasteiger partial charge in [-0.05, 0) is 65.5 Å². The van der Waals surface area contributed by atoms with Crippen molar-refractivity contribution in [2.75, 3.05) is 18.0 Å². The molecule has 1 aliphatic heterocycles. The molecule has 0 bridgehead atoms. The van der Waals surface area contributed by atoms with Crippen molar-refractivity contribution in [2.45, 2.75) is 88.9 Å². The standard InChI is InChI=1S/C29H38N5O5PS/c1-8-21-22(16-30)26(33-27(23(21)17-31)41-24(25(32)35)19-12-10-9-11-13-19)34-15-14-20(18-34)37-40(36,38-28(2,3)4)39-29(5,6)7/h9-13,20,24H,8,14-15,18H2,1-7H3,(H2,32,35)/t20-,24+/m0/s1. The Morgan fingerprint density at radius 3 is 2.20 bits per heavy atom. The third-order valence-corrected chi connectivity index (χ3v) is 9.27. The maximum atomic E-state index is 13.7. The largest absolute Gasteiger partial charge is 0.476 e. The van der Waals surface area contributed by atoms with E-state index >= 15 is 0 Å². The van der Waals surface area contributed by atoms with E-state index in [0.29, 0.717) is 41.4 Å². The van der Waals surface area contributed by atoms with Crippen LogP contribution in [0.5, 0.6) is 0 Å². The molecule has 0 unspecified atom stereocenters. The molecule has 10 nitrogen and oxygen atoms in total. The number of rotatable bonds is 10. The molecule has 1 aromatic carbocycles. The van der Waals surface area contributed by atoms with E-state index in [2.05, 4.69) is 12.1 Å². The first-order valence-corrected chi connectivity index (χ1v) is 15.8. The minimum atomic E-state index is -3.96. The number of anilines is 1. The van der Waals surface area contributed by atoms with E-state index < -0.39 is 36.3 Å². The molecule has 2 heterocycles. The second-order valence-corrected chi connectivity index (χ2v) is 14.2. The molecular weight excluding hydrogens is 561 g/mol. The monoisotopic (exact) mass is 599 g/mol. The van der Waals surface area contributed by atoms with Crippen LogP contribution in [0.15, 0.2) is 35.4 Å². The molecular formula is C29H38N5O5PS. The number of aromatic nitrogens is 1. The van der Waals surface area contributed by atoms with Gasteiger partial charge in [0.25, 0.3) is 0 Å². The molecule has 3 rings (SSSR count). The molecule has 1 fully saturated rings. The maximum Gasteiger partial charge on any atom is 0.476 e. The molecule has 1 aliphatic rings. The molecule has 220 valence electrons. The number of primary amides is 1. The van der Waals surface area contributed by atoms with Crippen molar-refractivity contribution in [1.29, 1.82) is 10.5 Å². The van der Waals surface area contributed by atoms with E-state index in [0.717, 1.165) is 11.8 Å². The molecule has 1 amide bonds. The molecule has 1 aromatic heterocycles. The van der Waals surface area contributed by atoms with Crippen LogP contribution in [0.25, 0.3) is 0 Å². The number of amides is 1. The SMILES string of the molecule is CCc1c(C#N)c(S[C@@H](C(N)=O)c2ccccc2)nc(N2CC[C@H](OP(=O)(OC(C)(C)C)OC(C)(C)C)C2)c1C#N. The number of nitriles is 2. The molecule has 2 aromatic rings. The molecule has 41 heavy (non-hydrogen) atoms. The lowest BCUT2D eigenvalue weighted by Crippen LogP contribution is -2.29. The van der Waals surface area contributed by atoms with Crippen molar-refractivity contribution in [3.05, 3.63) is 52.6 Å². The highest BCUT2D eigenvalue weighted by molar-refractivity contribution is 8.00. The number of pyridine rings is 1. The van der Waals surface area contributed by atoms with E-state index in [1.54, 1.807) is 53.7 Å². The number of carbonyl (C=O) groups is 1. The lowest BCUT2D eigenvalue weighted by molar-refractivity contribution is -0.117. The highest BCUT2D eigenvalue weighted by Crippen LogP contribution is 2.57. The first kappa shape index (κ1) is 32.6. The van der Waals surface area contributed by atoms with Crippen molar-refractivity contribution < 1.29 is 22.9 Å². The number of carbonyl (C=O) groups excluding carboxylic acids is 1. The first-order valence-electron chi connectivity index (χ1n) is 13.4. The lowest BCUT2D eigenvalue weighted by atomic mass is 10.0. The summed E-state index contributed by atoms with van der Waals surface area (Å²) in [5.41, 5.74) is 5.95. The summed E-state index contributed by atoms with van der Waals surface area (Å²) < 4.78 is 31.3. The van der Waals surface area contributed by atoms with Gasteiger partial charge in [0.15, 0.2) is 0 Å². The number of hydrogen-bond acceptors (Lipinski definition) is 10. The van der Waals surface area contributed by atoms with Crippen LogP contribution in [0.4, 0.5) is 5.82 Å². The Kier molecular flexibility index (Phi) is 10.3. The summed E-state index contributed by atoms with van der Waals surface area (Å²) in [4.78, 5) is 19.1. The summed E-state index contributed by atoms with van der Waals surface area (Å²) in [6.45, 7) is 13.2. The van der Waals surface area contributed by atoms with Gasteiger partial charge < -0.3 is 10.6 Å². The Labute approximate surface area is 246 Å². The van der Waals surface area contributed by atoms with E-state index in [1.807, 2.05) is 30.0 Å². The second kappa shape index (κ2) is 12.9. The summed E-state index contributed by atoms with van der Waals surface area (Å²) in [6.07, 6.45) is 0.358. The van der Waals surface area contributed by atoms with Crippen LogP contribution < -0.4 is 10.6 Å². The van der Waals surface area contributed by atoms with E-state index in [-0.39, 0.29) is 17.7 Å². The van der Waals surface area contributed by atoms with Crippen molar-refractivity contribution in [3.63, 3.8) is 0 Å². The first-order chi connectivity index (χ1) is 19.1. The Hall–Kier alpha value is -2.92. The second-order valence-electron chi connectivity index (χ2n) is 11.7. The smallest absolute Gasteiger partial charge is 0.368 e. The minimum Gasteiger partial charge on any atom is -0.368 e. The third kappa shape index (κ3) is 8.54. The van der Waals surface area contributed by atoms with Crippen molar-refractivity contribution in [2.24, 2.45) is 5.73 Å². The van der Waals surface area contributed by atoms with Gasteiger partial charge in [0.1, 0.15) is 28.2 Å². The highest BCUT2D eigenvalue weighted by Gasteiger charge is 2.41. The number of nitrogens with zero attached hydrogens (tertiary/aromatic N) is 4. The zero-order chi connectivity index (χ0) is 30.6. The molecule has 0 aliphatic carbocycles. The zero-order valence-corrected chi connectivity index (χ0v) is 26.3. The number of phosphoric acid groups is 1. The zero-order valence-electron chi connectivity index (χ0n) is 24.6. The van der Waals surface area contributed by atoms with Crippen molar-refractivity contribution in [1.82, 2.24) is 4.98 Å². The molecule has 12 heteroatoms. The van der Waals surface area contributed by atoms with E-state index in [4.69, 9.17) is 24.3 Å². The van der Waals surface area contributed by atoms with Gasteiger partial charge in [0.2, 0.25) is 5.91 Å². The topological polar surface area (TPSA) is 152 Å². The molecule has 0 radical (unpaired) electrons. The van der Waals surface area contributed by atoms with Crippen LogP contribution in [0.1, 0.15) is 82.4 Å². The van der Waals surface area contributed by atoms with Crippen molar-refractivity contribution in [3.8, 4) is 12.1 Å². The summed E-state index contributed by atoms with van der Waals surface area (Å²) in [5, 5.41) is 19.7. The average Bonchev–Trinajstić information content (AvgIpc) is 3.31. The minimum absolute atomic E-state index is 0.244. The van der Waals surface area contributed by atoms with Crippen LogP contribution in [0, 0.1) is 22.7 Å². The fourth-order valence-corrected chi connectivity index (χ4v) is 7.51. The number of thioether (sulfide) groups is 1. The molecule has 0 saturated carbocycles. The molecule has 2 atom stereocenters. The van der Waals surface area contributed by atoms with E-state index in [9.17, 15) is 19.9 Å². The molecule has 0 spiro atoms. The lowest BCUT2D eigenvalue weighted by Gasteiger charge is -2.32. The van der Waals surface area contributed by atoms with Crippen LogP contribution in [-0.2, 0) is 29.4 Å². The Balaban J connectivity index is 1.99. The molecule has 2 N–H and O–H groups in total. The quantitative estimate of drug-likeness (QED) is 0.253. The predicted octanol–water partition coefficient (Wildman–Crippen LogP) is 6.04. The number of benzene rings is 1. The summed E-state index contributed by atoms with van der Waals surface area (Å²) in [7, 11) is -3.96. The van der Waals surface area contributed by atoms with Gasteiger partial charge in [-0.3, -0.25) is 18.4 Å². The number of nitrogens with two attached hydrogens (primary N) is 1. The molecule has 1 saturated heterocycles. The summed E-state index contributed by atoms with van der Waals surface area (Å²) in [5.74, 6) is -0.199. The average molecular weight is 600 g/mol. The summed E-state index contributed by atoms with van der Waals surface area (Å²) >= 11 is 1.09. The predicted molar refractivity (Wildman–Crippen MR) is 158 cm³/mol. The van der Waals surface area contributed by atoms with Gasteiger partial charge >= 0.3 is 7.82 Å². The van der Waals surface area contributed by atoms with Crippen LogP contribution in [0.2, 0.25) is 0 Å². The Morgan fingerprint density at radius 1 is 1.12 bits per heavy atom. The Bertz CT molecular complexity index is 1370. The maximum absolute atomic E-state index is 13.7. The van der Waals surface area contributed by atoms with Gasteiger partial charge in [-0.1, -0.05) is 49.0 Å². The van der Waals surface area contributed by atoms with Crippen molar-refractivity contribution >= 4 is 31.3 Å². The van der Waals surface area contributed by atoms with Crippen LogP contribution >= 0.6 is 19.6 Å². The Morgan fingerprint density at radius 2 is 1.71 bits per heavy atom. The van der Waals surface area contributed by atoms with E-state index in [1.165, 1.54) is 0 Å². The van der Waals surface area contributed by atoms with Gasteiger partial charge in [0.05, 0.1) is 28.4 Å². The van der Waals surface area contributed by atoms with Gasteiger partial charge in [0, 0.05) is 13.1 Å². The van der Waals surface area contributed by atoms with Gasteiger partial charge in [-0.15, -0.1) is 0 Å². The number of phosphoric ester groups is 1. The van der Waals surface area contributed by atoms with Crippen LogP contribution in [0.3, 0.4) is 0 Å². The fraction of sp³-hybridized carbons (Fsp3) is 0.517. The highest BCUT2D eigenvalue weighted by atomic mass is 32.2. The normalized spacial score (nSPS) is 16.7. The third-order valence-electron chi connectivity index (χ3n) is 5.91. The van der Waals surface area contributed by atoms with Gasteiger partial charge in [-0.2, -0.15) is 10.5 Å².